The third-order valence-corrected chi connectivity index (χ3v) is 3.54. The van der Waals surface area contributed by atoms with E-state index < -0.39 is 0 Å². The molecule has 1 aromatic rings. The maximum Gasteiger partial charge on any atom is 0.0952 e. The van der Waals surface area contributed by atoms with Crippen molar-refractivity contribution in [2.45, 2.75) is 58.3 Å². The Balaban J connectivity index is 1.92. The second-order valence-electron chi connectivity index (χ2n) is 6.16. The molecule has 0 bridgehead atoms. The Morgan fingerprint density at radius 1 is 1.16 bits per heavy atom. The summed E-state index contributed by atoms with van der Waals surface area (Å²) in [5.74, 6) is 0.683. The van der Waals surface area contributed by atoms with Crippen LogP contribution in [0.5, 0.6) is 0 Å². The van der Waals surface area contributed by atoms with Gasteiger partial charge in [-0.1, -0.05) is 44.2 Å². The highest BCUT2D eigenvalue weighted by molar-refractivity contribution is 5.18. The lowest BCUT2D eigenvalue weighted by atomic mass is 10.1. The van der Waals surface area contributed by atoms with Crippen LogP contribution in [-0.2, 0) is 4.74 Å². The lowest BCUT2D eigenvalue weighted by Crippen LogP contribution is -2.27. The molecule has 1 aliphatic carbocycles. The van der Waals surface area contributed by atoms with Crippen molar-refractivity contribution in [1.29, 1.82) is 0 Å². The summed E-state index contributed by atoms with van der Waals surface area (Å²) in [7, 11) is 0. The van der Waals surface area contributed by atoms with E-state index in [0.717, 1.165) is 19.0 Å². The van der Waals surface area contributed by atoms with Crippen LogP contribution in [0.25, 0.3) is 0 Å². The lowest BCUT2D eigenvalue weighted by molar-refractivity contribution is -0.0128. The van der Waals surface area contributed by atoms with Crippen molar-refractivity contribution >= 4 is 0 Å². The Morgan fingerprint density at radius 2 is 1.84 bits per heavy atom. The minimum absolute atomic E-state index is 0.176. The highest BCUT2D eigenvalue weighted by atomic mass is 16.5. The molecule has 1 aromatic carbocycles. The van der Waals surface area contributed by atoms with Crippen LogP contribution in [0.15, 0.2) is 30.3 Å². The number of rotatable bonds is 8. The molecule has 1 N–H and O–H groups in total. The summed E-state index contributed by atoms with van der Waals surface area (Å²) in [5, 5.41) is 3.59. The molecular formula is C17H27NO. The summed E-state index contributed by atoms with van der Waals surface area (Å²) in [5.41, 5.74) is 1.28. The number of ether oxygens (including phenoxy) is 1. The van der Waals surface area contributed by atoms with Crippen molar-refractivity contribution < 1.29 is 4.74 Å². The largest absolute Gasteiger partial charge is 0.369 e. The van der Waals surface area contributed by atoms with E-state index in [1.807, 2.05) is 0 Å². The molecule has 106 valence electrons. The Bertz CT molecular complexity index is 359. The fourth-order valence-corrected chi connectivity index (χ4v) is 2.47. The maximum atomic E-state index is 6.26. The first-order valence-corrected chi connectivity index (χ1v) is 7.59. The lowest BCUT2D eigenvalue weighted by Gasteiger charge is -2.24. The van der Waals surface area contributed by atoms with E-state index in [1.54, 1.807) is 0 Å². The topological polar surface area (TPSA) is 21.3 Å². The van der Waals surface area contributed by atoms with Gasteiger partial charge in [-0.2, -0.15) is 0 Å². The second kappa shape index (κ2) is 7.06. The molecule has 0 spiro atoms. The van der Waals surface area contributed by atoms with E-state index in [4.69, 9.17) is 4.74 Å². The van der Waals surface area contributed by atoms with Gasteiger partial charge in [0.25, 0.3) is 0 Å². The van der Waals surface area contributed by atoms with E-state index in [-0.39, 0.29) is 6.10 Å². The van der Waals surface area contributed by atoms with Gasteiger partial charge in [-0.15, -0.1) is 0 Å². The molecule has 0 saturated heterocycles. The molecule has 1 aliphatic rings. The second-order valence-corrected chi connectivity index (χ2v) is 6.16. The smallest absolute Gasteiger partial charge is 0.0952 e. The van der Waals surface area contributed by atoms with Crippen LogP contribution in [0.2, 0.25) is 0 Å². The van der Waals surface area contributed by atoms with Crippen LogP contribution >= 0.6 is 0 Å². The van der Waals surface area contributed by atoms with Crippen LogP contribution in [0.3, 0.4) is 0 Å². The fraction of sp³-hybridized carbons (Fsp3) is 0.647. The molecule has 1 fully saturated rings. The predicted molar refractivity (Wildman–Crippen MR) is 80.2 cm³/mol. The van der Waals surface area contributed by atoms with Crippen LogP contribution in [0.1, 0.15) is 51.7 Å². The molecule has 19 heavy (non-hydrogen) atoms. The molecule has 2 rings (SSSR count). The van der Waals surface area contributed by atoms with Gasteiger partial charge >= 0.3 is 0 Å². The van der Waals surface area contributed by atoms with Crippen molar-refractivity contribution in [3.05, 3.63) is 35.9 Å². The molecule has 2 atom stereocenters. The molecule has 1 saturated carbocycles. The molecule has 0 amide bonds. The van der Waals surface area contributed by atoms with Crippen molar-refractivity contribution in [3.8, 4) is 0 Å². The van der Waals surface area contributed by atoms with E-state index >= 15 is 0 Å². The highest BCUT2D eigenvalue weighted by Gasteiger charge is 2.23. The Kier molecular flexibility index (Phi) is 5.41. The molecule has 0 aromatic heterocycles. The SMILES string of the molecule is CC(C)CC(C)OC(CNC1CC1)c1ccccc1. The van der Waals surface area contributed by atoms with Crippen molar-refractivity contribution in [1.82, 2.24) is 5.32 Å². The zero-order chi connectivity index (χ0) is 13.7. The zero-order valence-corrected chi connectivity index (χ0v) is 12.4. The van der Waals surface area contributed by atoms with Crippen LogP contribution < -0.4 is 5.32 Å². The van der Waals surface area contributed by atoms with Gasteiger partial charge in [0.2, 0.25) is 0 Å². The normalized spacial score (nSPS) is 18.5. The standard InChI is InChI=1S/C17H27NO/c1-13(2)11-14(3)19-17(12-18-16-9-10-16)15-7-5-4-6-8-15/h4-8,13-14,16-18H,9-12H2,1-3H3. The summed E-state index contributed by atoms with van der Waals surface area (Å²) in [6, 6.07) is 11.3. The minimum Gasteiger partial charge on any atom is -0.369 e. The van der Waals surface area contributed by atoms with Crippen LogP contribution in [0.4, 0.5) is 0 Å². The number of nitrogens with one attached hydrogen (secondary N) is 1. The van der Waals surface area contributed by atoms with Gasteiger partial charge in [0.15, 0.2) is 0 Å². The molecular weight excluding hydrogens is 234 g/mol. The number of hydrogen-bond donors (Lipinski definition) is 1. The quantitative estimate of drug-likeness (QED) is 0.765. The highest BCUT2D eigenvalue weighted by Crippen LogP contribution is 2.24. The van der Waals surface area contributed by atoms with E-state index in [9.17, 15) is 0 Å². The Morgan fingerprint density at radius 3 is 2.42 bits per heavy atom. The first kappa shape index (κ1) is 14.5. The average molecular weight is 261 g/mol. The molecule has 2 nitrogen and oxygen atoms in total. The Hall–Kier alpha value is -0.860. The Labute approximate surface area is 117 Å². The fourth-order valence-electron chi connectivity index (χ4n) is 2.47. The average Bonchev–Trinajstić information content (AvgIpc) is 3.18. The van der Waals surface area contributed by atoms with Crippen molar-refractivity contribution in [3.63, 3.8) is 0 Å². The molecule has 2 unspecified atom stereocenters. The van der Waals surface area contributed by atoms with Crippen LogP contribution in [-0.4, -0.2) is 18.7 Å². The van der Waals surface area contributed by atoms with Gasteiger partial charge in [0.1, 0.15) is 0 Å². The summed E-state index contributed by atoms with van der Waals surface area (Å²) in [6.07, 6.45) is 4.25. The van der Waals surface area contributed by atoms with Gasteiger partial charge in [-0.25, -0.2) is 0 Å². The maximum absolute atomic E-state index is 6.26. The van der Waals surface area contributed by atoms with E-state index in [2.05, 4.69) is 56.4 Å². The number of benzene rings is 1. The van der Waals surface area contributed by atoms with Crippen LogP contribution in [0, 0.1) is 5.92 Å². The van der Waals surface area contributed by atoms with Gasteiger partial charge < -0.3 is 10.1 Å². The summed E-state index contributed by atoms with van der Waals surface area (Å²) in [6.45, 7) is 7.61. The molecule has 0 heterocycles. The first-order valence-electron chi connectivity index (χ1n) is 7.59. The number of hydrogen-bond acceptors (Lipinski definition) is 2. The van der Waals surface area contributed by atoms with Gasteiger partial charge in [-0.3, -0.25) is 0 Å². The van der Waals surface area contributed by atoms with E-state index in [0.29, 0.717) is 12.0 Å². The summed E-state index contributed by atoms with van der Waals surface area (Å²) >= 11 is 0. The third-order valence-electron chi connectivity index (χ3n) is 3.54. The molecule has 0 aliphatic heterocycles. The monoisotopic (exact) mass is 261 g/mol. The first-order chi connectivity index (χ1) is 9.15. The minimum atomic E-state index is 0.176. The molecule has 2 heteroatoms. The zero-order valence-electron chi connectivity index (χ0n) is 12.4. The predicted octanol–water partition coefficient (Wildman–Crippen LogP) is 3.93. The van der Waals surface area contributed by atoms with Gasteiger partial charge in [0.05, 0.1) is 12.2 Å². The van der Waals surface area contributed by atoms with Gasteiger partial charge in [0, 0.05) is 12.6 Å². The van der Waals surface area contributed by atoms with Gasteiger partial charge in [-0.05, 0) is 37.7 Å². The van der Waals surface area contributed by atoms with Crippen molar-refractivity contribution in [2.75, 3.05) is 6.54 Å². The van der Waals surface area contributed by atoms with Crippen molar-refractivity contribution in [2.24, 2.45) is 5.92 Å². The molecule has 0 radical (unpaired) electrons. The summed E-state index contributed by atoms with van der Waals surface area (Å²) < 4.78 is 6.26. The third kappa shape index (κ3) is 5.33. The van der Waals surface area contributed by atoms with E-state index in [1.165, 1.54) is 18.4 Å². The summed E-state index contributed by atoms with van der Waals surface area (Å²) in [4.78, 5) is 0.